The van der Waals surface area contributed by atoms with Crippen molar-refractivity contribution in [3.05, 3.63) is 0 Å². The Hall–Kier alpha value is -0.570. The second-order valence-corrected chi connectivity index (χ2v) is 9.36. The molecule has 7 unspecified atom stereocenters. The second-order valence-electron chi connectivity index (χ2n) is 9.36. The molecule has 1 N–H and O–H groups in total. The van der Waals surface area contributed by atoms with Crippen LogP contribution < -0.4 is 0 Å². The first-order chi connectivity index (χ1) is 11.6. The van der Waals surface area contributed by atoms with Gasteiger partial charge in [-0.25, -0.2) is 0 Å². The maximum atomic E-state index is 10.8. The molecule has 3 aliphatic carbocycles. The Labute approximate surface area is 146 Å². The van der Waals surface area contributed by atoms with E-state index in [0.717, 1.165) is 43.1 Å². The molecule has 3 nitrogen and oxygen atoms in total. The van der Waals surface area contributed by atoms with Gasteiger partial charge in [-0.1, -0.05) is 19.8 Å². The number of aliphatic carboxylic acids is 1. The molecule has 0 bridgehead atoms. The molecule has 4 aliphatic rings. The SMILES string of the molecule is CC12CCCCC1CCC1C3COC(CCCC(=O)O)C3CCC12. The van der Waals surface area contributed by atoms with Crippen LogP contribution in [0.5, 0.6) is 0 Å². The molecule has 1 heterocycles. The molecular weight excluding hydrogens is 300 g/mol. The highest BCUT2D eigenvalue weighted by Crippen LogP contribution is 2.62. The smallest absolute Gasteiger partial charge is 0.303 e. The van der Waals surface area contributed by atoms with E-state index in [1.165, 1.54) is 51.4 Å². The van der Waals surface area contributed by atoms with Gasteiger partial charge in [0.25, 0.3) is 0 Å². The third kappa shape index (κ3) is 2.81. The molecule has 136 valence electrons. The van der Waals surface area contributed by atoms with E-state index in [2.05, 4.69) is 6.92 Å². The standard InChI is InChI=1S/C21H34O3/c1-21-12-3-2-5-14(21)8-9-15-17-13-24-19(6-4-7-20(22)23)16(17)10-11-18(15)21/h14-19H,2-13H2,1H3,(H,22,23). The molecule has 0 aromatic heterocycles. The van der Waals surface area contributed by atoms with E-state index in [1.807, 2.05) is 0 Å². The van der Waals surface area contributed by atoms with E-state index in [1.54, 1.807) is 0 Å². The molecule has 0 aromatic carbocycles. The Morgan fingerprint density at radius 1 is 1.08 bits per heavy atom. The highest BCUT2D eigenvalue weighted by molar-refractivity contribution is 5.66. The predicted molar refractivity (Wildman–Crippen MR) is 93.7 cm³/mol. The van der Waals surface area contributed by atoms with E-state index in [0.29, 0.717) is 23.9 Å². The molecule has 0 spiro atoms. The molecule has 0 radical (unpaired) electrons. The van der Waals surface area contributed by atoms with Crippen molar-refractivity contribution in [2.24, 2.45) is 35.0 Å². The Kier molecular flexibility index (Phi) is 4.66. The first-order valence-corrected chi connectivity index (χ1v) is 10.4. The van der Waals surface area contributed by atoms with Crippen molar-refractivity contribution in [3.63, 3.8) is 0 Å². The van der Waals surface area contributed by atoms with Crippen LogP contribution in [0, 0.1) is 35.0 Å². The third-order valence-electron chi connectivity index (χ3n) is 8.43. The van der Waals surface area contributed by atoms with Gasteiger partial charge in [0.1, 0.15) is 0 Å². The van der Waals surface area contributed by atoms with Crippen LogP contribution in [-0.4, -0.2) is 23.8 Å². The summed E-state index contributed by atoms with van der Waals surface area (Å²) < 4.78 is 6.21. The fraction of sp³-hybridized carbons (Fsp3) is 0.952. The highest BCUT2D eigenvalue weighted by Gasteiger charge is 2.55. The van der Waals surface area contributed by atoms with Crippen molar-refractivity contribution in [1.29, 1.82) is 0 Å². The summed E-state index contributed by atoms with van der Waals surface area (Å²) in [5.41, 5.74) is 0.605. The summed E-state index contributed by atoms with van der Waals surface area (Å²) in [5, 5.41) is 8.87. The highest BCUT2D eigenvalue weighted by atomic mass is 16.5. The van der Waals surface area contributed by atoms with Gasteiger partial charge in [0.05, 0.1) is 12.7 Å². The molecule has 3 heteroatoms. The monoisotopic (exact) mass is 334 g/mol. The summed E-state index contributed by atoms with van der Waals surface area (Å²) in [7, 11) is 0. The predicted octanol–water partition coefficient (Wildman–Crippen LogP) is 4.89. The summed E-state index contributed by atoms with van der Waals surface area (Å²) >= 11 is 0. The van der Waals surface area contributed by atoms with E-state index in [4.69, 9.17) is 9.84 Å². The zero-order chi connectivity index (χ0) is 16.7. The minimum Gasteiger partial charge on any atom is -0.481 e. The van der Waals surface area contributed by atoms with Gasteiger partial charge >= 0.3 is 5.97 Å². The summed E-state index contributed by atoms with van der Waals surface area (Å²) in [5.74, 6) is 3.60. The summed E-state index contributed by atoms with van der Waals surface area (Å²) in [6.45, 7) is 3.57. The lowest BCUT2D eigenvalue weighted by atomic mass is 9.47. The van der Waals surface area contributed by atoms with Gasteiger partial charge in [0, 0.05) is 6.42 Å². The van der Waals surface area contributed by atoms with Gasteiger partial charge < -0.3 is 9.84 Å². The van der Waals surface area contributed by atoms with E-state index < -0.39 is 5.97 Å². The Morgan fingerprint density at radius 2 is 1.92 bits per heavy atom. The fourth-order valence-corrected chi connectivity index (χ4v) is 7.26. The van der Waals surface area contributed by atoms with Gasteiger partial charge in [0.2, 0.25) is 0 Å². The Morgan fingerprint density at radius 3 is 2.75 bits per heavy atom. The number of fused-ring (bicyclic) bond motifs is 5. The van der Waals surface area contributed by atoms with Gasteiger partial charge in [-0.05, 0) is 86.4 Å². The van der Waals surface area contributed by atoms with Crippen molar-refractivity contribution in [3.8, 4) is 0 Å². The number of ether oxygens (including phenoxy) is 1. The Balaban J connectivity index is 1.43. The van der Waals surface area contributed by atoms with E-state index >= 15 is 0 Å². The van der Waals surface area contributed by atoms with Crippen molar-refractivity contribution in [1.82, 2.24) is 0 Å². The second kappa shape index (κ2) is 6.63. The average molecular weight is 335 g/mol. The van der Waals surface area contributed by atoms with Crippen molar-refractivity contribution in [2.45, 2.75) is 83.7 Å². The lowest BCUT2D eigenvalue weighted by Gasteiger charge is -2.58. The van der Waals surface area contributed by atoms with Crippen LogP contribution in [0.3, 0.4) is 0 Å². The third-order valence-corrected chi connectivity index (χ3v) is 8.43. The van der Waals surface area contributed by atoms with Crippen molar-refractivity contribution < 1.29 is 14.6 Å². The fourth-order valence-electron chi connectivity index (χ4n) is 7.26. The zero-order valence-electron chi connectivity index (χ0n) is 15.2. The van der Waals surface area contributed by atoms with Gasteiger partial charge in [-0.15, -0.1) is 0 Å². The number of carboxylic acids is 1. The number of carbonyl (C=O) groups is 1. The maximum Gasteiger partial charge on any atom is 0.303 e. The van der Waals surface area contributed by atoms with Crippen LogP contribution in [0.4, 0.5) is 0 Å². The molecule has 7 atom stereocenters. The lowest BCUT2D eigenvalue weighted by molar-refractivity contribution is -0.137. The topological polar surface area (TPSA) is 46.5 Å². The van der Waals surface area contributed by atoms with Crippen LogP contribution >= 0.6 is 0 Å². The molecule has 0 amide bonds. The largest absolute Gasteiger partial charge is 0.481 e. The molecule has 4 rings (SSSR count). The first kappa shape index (κ1) is 16.9. The van der Waals surface area contributed by atoms with Crippen molar-refractivity contribution in [2.75, 3.05) is 6.61 Å². The molecule has 4 fully saturated rings. The van der Waals surface area contributed by atoms with Gasteiger partial charge in [-0.3, -0.25) is 4.79 Å². The van der Waals surface area contributed by atoms with Gasteiger partial charge in [-0.2, -0.15) is 0 Å². The number of rotatable bonds is 4. The number of hydrogen-bond acceptors (Lipinski definition) is 2. The molecule has 0 aromatic rings. The normalized spacial score (nSPS) is 47.5. The van der Waals surface area contributed by atoms with Crippen LogP contribution in [-0.2, 0) is 9.53 Å². The Bertz CT molecular complexity index is 476. The van der Waals surface area contributed by atoms with Gasteiger partial charge in [0.15, 0.2) is 0 Å². The van der Waals surface area contributed by atoms with Crippen LogP contribution in [0.25, 0.3) is 0 Å². The molecular formula is C21H34O3. The molecule has 1 aliphatic heterocycles. The van der Waals surface area contributed by atoms with Crippen LogP contribution in [0.1, 0.15) is 77.6 Å². The molecule has 24 heavy (non-hydrogen) atoms. The first-order valence-electron chi connectivity index (χ1n) is 10.4. The maximum absolute atomic E-state index is 10.8. The number of carboxylic acid groups (broad SMARTS) is 1. The zero-order valence-corrected chi connectivity index (χ0v) is 15.2. The minimum absolute atomic E-state index is 0.295. The van der Waals surface area contributed by atoms with E-state index in [9.17, 15) is 4.79 Å². The number of hydrogen-bond donors (Lipinski definition) is 1. The van der Waals surface area contributed by atoms with Crippen LogP contribution in [0.15, 0.2) is 0 Å². The lowest BCUT2D eigenvalue weighted by Crippen LogP contribution is -2.50. The van der Waals surface area contributed by atoms with E-state index in [-0.39, 0.29) is 0 Å². The summed E-state index contributed by atoms with van der Waals surface area (Å²) in [6.07, 6.45) is 13.8. The molecule has 3 saturated carbocycles. The average Bonchev–Trinajstić information content (AvgIpc) is 2.97. The van der Waals surface area contributed by atoms with Crippen LogP contribution in [0.2, 0.25) is 0 Å². The minimum atomic E-state index is -0.670. The summed E-state index contributed by atoms with van der Waals surface area (Å²) in [6, 6.07) is 0. The summed E-state index contributed by atoms with van der Waals surface area (Å²) in [4.78, 5) is 10.8. The quantitative estimate of drug-likeness (QED) is 0.796. The van der Waals surface area contributed by atoms with Crippen molar-refractivity contribution >= 4 is 5.97 Å². The molecule has 1 saturated heterocycles.